The van der Waals surface area contributed by atoms with Gasteiger partial charge in [0.15, 0.2) is 11.6 Å². The van der Waals surface area contributed by atoms with Gasteiger partial charge in [-0.3, -0.25) is 4.99 Å². The molecule has 2 heterocycles. The fourth-order valence-corrected chi connectivity index (χ4v) is 4.07. The number of aliphatic imine (C=N–C) groups is 1. The predicted molar refractivity (Wildman–Crippen MR) is 123 cm³/mol. The van der Waals surface area contributed by atoms with Crippen molar-refractivity contribution in [2.75, 3.05) is 0 Å². The molecular weight excluding hydrogens is 431 g/mol. The van der Waals surface area contributed by atoms with Crippen LogP contribution in [0.5, 0.6) is 0 Å². The summed E-state index contributed by atoms with van der Waals surface area (Å²) in [5.41, 5.74) is 3.30. The third kappa shape index (κ3) is 4.41. The Morgan fingerprint density at radius 2 is 1.45 bits per heavy atom. The molecule has 0 amide bonds. The third-order valence-electron chi connectivity index (χ3n) is 5.38. The number of ether oxygens (including phenoxy) is 2. The van der Waals surface area contributed by atoms with Crippen LogP contribution in [0, 0.1) is 0 Å². The van der Waals surface area contributed by atoms with Gasteiger partial charge in [0, 0.05) is 16.5 Å². The van der Waals surface area contributed by atoms with Gasteiger partial charge in [0.1, 0.15) is 12.3 Å². The van der Waals surface area contributed by atoms with Crippen molar-refractivity contribution in [2.45, 2.75) is 24.8 Å². The molecular formula is C25H20Cl2N2O2. The lowest BCUT2D eigenvalue weighted by Gasteiger charge is -2.20. The van der Waals surface area contributed by atoms with Gasteiger partial charge in [0.2, 0.25) is 6.29 Å². The zero-order valence-corrected chi connectivity index (χ0v) is 18.1. The third-order valence-corrected chi connectivity index (χ3v) is 5.88. The maximum absolute atomic E-state index is 6.09. The predicted octanol–water partition coefficient (Wildman–Crippen LogP) is 6.23. The topological polar surface area (TPSA) is 42.9 Å². The smallest absolute Gasteiger partial charge is 0.244 e. The Morgan fingerprint density at radius 1 is 0.806 bits per heavy atom. The Morgan fingerprint density at radius 3 is 2.13 bits per heavy atom. The fourth-order valence-electron chi connectivity index (χ4n) is 3.82. The molecule has 156 valence electrons. The number of hydrogen-bond donors (Lipinski definition) is 1. The van der Waals surface area contributed by atoms with Gasteiger partial charge in [-0.1, -0.05) is 77.8 Å². The van der Waals surface area contributed by atoms with Crippen LogP contribution in [0.4, 0.5) is 0 Å². The molecule has 0 fully saturated rings. The van der Waals surface area contributed by atoms with Gasteiger partial charge < -0.3 is 14.8 Å². The van der Waals surface area contributed by atoms with E-state index in [1.165, 1.54) is 0 Å². The lowest BCUT2D eigenvalue weighted by molar-refractivity contribution is -0.0256. The van der Waals surface area contributed by atoms with Crippen LogP contribution in [0.2, 0.25) is 10.0 Å². The Labute approximate surface area is 191 Å². The maximum Gasteiger partial charge on any atom is 0.244 e. The molecule has 4 nitrogen and oxygen atoms in total. The van der Waals surface area contributed by atoms with Gasteiger partial charge >= 0.3 is 0 Å². The SMILES string of the molecule is Clc1ccc(C2N=C(C3=COC(Cc4ccccc4)O3)NC2c2ccc(Cl)cc2)cc1. The summed E-state index contributed by atoms with van der Waals surface area (Å²) in [4.78, 5) is 4.95. The van der Waals surface area contributed by atoms with Crippen molar-refractivity contribution in [2.24, 2.45) is 4.99 Å². The molecule has 0 aliphatic carbocycles. The van der Waals surface area contributed by atoms with Crippen LogP contribution >= 0.6 is 23.2 Å². The molecule has 3 atom stereocenters. The van der Waals surface area contributed by atoms with Crippen molar-refractivity contribution >= 4 is 29.0 Å². The Bertz CT molecular complexity index is 1110. The number of nitrogens with zero attached hydrogens (tertiary/aromatic N) is 1. The summed E-state index contributed by atoms with van der Waals surface area (Å²) < 4.78 is 11.8. The van der Waals surface area contributed by atoms with E-state index < -0.39 is 0 Å². The van der Waals surface area contributed by atoms with Crippen LogP contribution in [0.15, 0.2) is 95.9 Å². The summed E-state index contributed by atoms with van der Waals surface area (Å²) in [7, 11) is 0. The molecule has 0 radical (unpaired) electrons. The van der Waals surface area contributed by atoms with Crippen LogP contribution < -0.4 is 5.32 Å². The molecule has 0 bridgehead atoms. The van der Waals surface area contributed by atoms with E-state index in [9.17, 15) is 0 Å². The Hall–Kier alpha value is -2.95. The molecule has 0 aromatic heterocycles. The highest BCUT2D eigenvalue weighted by atomic mass is 35.5. The molecule has 3 aromatic carbocycles. The molecule has 31 heavy (non-hydrogen) atoms. The second kappa shape index (κ2) is 8.66. The van der Waals surface area contributed by atoms with E-state index in [1.807, 2.05) is 66.7 Å². The van der Waals surface area contributed by atoms with Crippen LogP contribution in [0.25, 0.3) is 0 Å². The highest BCUT2D eigenvalue weighted by Crippen LogP contribution is 2.38. The minimum Gasteiger partial charge on any atom is -0.458 e. The minimum absolute atomic E-state index is 0.0638. The van der Waals surface area contributed by atoms with Gasteiger partial charge in [0.05, 0.1) is 6.04 Å². The van der Waals surface area contributed by atoms with E-state index >= 15 is 0 Å². The van der Waals surface area contributed by atoms with Crippen molar-refractivity contribution in [3.63, 3.8) is 0 Å². The average molecular weight is 451 g/mol. The fraction of sp³-hybridized carbons (Fsp3) is 0.160. The van der Waals surface area contributed by atoms with Crippen molar-refractivity contribution in [1.82, 2.24) is 5.32 Å². The quantitative estimate of drug-likeness (QED) is 0.500. The van der Waals surface area contributed by atoms with E-state index in [0.29, 0.717) is 28.1 Å². The first-order chi connectivity index (χ1) is 15.2. The van der Waals surface area contributed by atoms with E-state index in [0.717, 1.165) is 16.7 Å². The molecule has 3 unspecified atom stereocenters. The van der Waals surface area contributed by atoms with E-state index in [1.54, 1.807) is 6.26 Å². The first-order valence-corrected chi connectivity index (χ1v) is 10.8. The van der Waals surface area contributed by atoms with Gasteiger partial charge in [-0.2, -0.15) is 0 Å². The summed E-state index contributed by atoms with van der Waals surface area (Å²) >= 11 is 12.2. The molecule has 6 heteroatoms. The molecule has 2 aliphatic heterocycles. The molecule has 0 spiro atoms. The summed E-state index contributed by atoms with van der Waals surface area (Å²) in [5.74, 6) is 1.28. The highest BCUT2D eigenvalue weighted by molar-refractivity contribution is 6.30. The van der Waals surface area contributed by atoms with Crippen molar-refractivity contribution in [1.29, 1.82) is 0 Å². The molecule has 5 rings (SSSR count). The Kier molecular flexibility index (Phi) is 5.58. The first kappa shape index (κ1) is 20.0. The normalized spacial score (nSPS) is 22.2. The van der Waals surface area contributed by atoms with Crippen LogP contribution in [0.1, 0.15) is 28.8 Å². The van der Waals surface area contributed by atoms with Crippen molar-refractivity contribution in [3.8, 4) is 0 Å². The summed E-state index contributed by atoms with van der Waals surface area (Å²) in [6.45, 7) is 0. The second-order valence-corrected chi connectivity index (χ2v) is 8.38. The summed E-state index contributed by atoms with van der Waals surface area (Å²) in [5, 5.41) is 4.91. The summed E-state index contributed by atoms with van der Waals surface area (Å²) in [6.07, 6.45) is 1.93. The molecule has 2 aliphatic rings. The van der Waals surface area contributed by atoms with Crippen LogP contribution in [-0.4, -0.2) is 12.1 Å². The van der Waals surface area contributed by atoms with E-state index in [-0.39, 0.29) is 18.4 Å². The minimum atomic E-state index is -0.370. The van der Waals surface area contributed by atoms with Crippen molar-refractivity contribution < 1.29 is 9.47 Å². The number of halogens is 2. The van der Waals surface area contributed by atoms with E-state index in [2.05, 4.69) is 17.4 Å². The molecule has 0 saturated carbocycles. The number of rotatable bonds is 5. The number of benzene rings is 3. The maximum atomic E-state index is 6.09. The monoisotopic (exact) mass is 450 g/mol. The highest BCUT2D eigenvalue weighted by Gasteiger charge is 2.35. The standard InChI is InChI=1S/C25H20Cl2N2O2/c26-19-10-6-17(7-11-19)23-24(18-8-12-20(27)13-9-18)29-25(28-23)21-15-30-22(31-21)14-16-4-2-1-3-5-16/h1-13,15,22-24H,14H2,(H,28,29). The number of amidine groups is 1. The summed E-state index contributed by atoms with van der Waals surface area (Å²) in [6, 6.07) is 25.5. The largest absolute Gasteiger partial charge is 0.458 e. The second-order valence-electron chi connectivity index (χ2n) is 7.50. The number of nitrogens with one attached hydrogen (secondary N) is 1. The van der Waals surface area contributed by atoms with E-state index in [4.69, 9.17) is 37.7 Å². The number of hydrogen-bond acceptors (Lipinski definition) is 4. The zero-order chi connectivity index (χ0) is 21.2. The Balaban J connectivity index is 1.38. The average Bonchev–Trinajstić information content (AvgIpc) is 3.43. The van der Waals surface area contributed by atoms with Crippen LogP contribution in [0.3, 0.4) is 0 Å². The lowest BCUT2D eigenvalue weighted by atomic mass is 9.95. The molecule has 0 saturated heterocycles. The van der Waals surface area contributed by atoms with Crippen LogP contribution in [-0.2, 0) is 15.9 Å². The van der Waals surface area contributed by atoms with Gasteiger partial charge in [0.25, 0.3) is 0 Å². The van der Waals surface area contributed by atoms with Gasteiger partial charge in [-0.15, -0.1) is 0 Å². The van der Waals surface area contributed by atoms with Gasteiger partial charge in [-0.05, 0) is 41.0 Å². The van der Waals surface area contributed by atoms with Gasteiger partial charge in [-0.25, -0.2) is 0 Å². The molecule has 1 N–H and O–H groups in total. The lowest BCUT2D eigenvalue weighted by Crippen LogP contribution is -2.26. The zero-order valence-electron chi connectivity index (χ0n) is 16.5. The first-order valence-electron chi connectivity index (χ1n) is 10.1. The molecule has 3 aromatic rings. The van der Waals surface area contributed by atoms with Crippen molar-refractivity contribution in [3.05, 3.63) is 118 Å².